The first-order valence-electron chi connectivity index (χ1n) is 18.8. The number of aliphatic hydroxyl groups is 3. The average molecular weight is 852 g/mol. The first kappa shape index (κ1) is 45.5. The minimum absolute atomic E-state index is 0.119. The molecule has 17 atom stereocenters. The SMILES string of the molecule is C#CCCN(C)[C@@H]1C[C@H](O[C@@H]2[C@@H](C)C([C@H]3C[C@@](C)(OC)[C@@H](O)[C@H](C)O3)[C@@H](C)C(=O)O[C@H](I)[C@@](C)(O)[C@H](O)[C@@H](C)C(=O)[C@H](C)C[C@@]2(C)OC)O[C@H](C)C1. The average Bonchev–Trinajstić information content (AvgIpc) is 3.09. The topological polar surface area (TPSA) is 153 Å². The van der Waals surface area contributed by atoms with Crippen LogP contribution in [-0.2, 0) is 38.0 Å². The number of alkyl halides is 1. The van der Waals surface area contributed by atoms with E-state index in [-0.39, 0.29) is 30.8 Å². The van der Waals surface area contributed by atoms with Crippen molar-refractivity contribution in [2.75, 3.05) is 27.8 Å². The molecule has 12 nitrogen and oxygen atoms in total. The quantitative estimate of drug-likeness (QED) is 0.140. The molecule has 300 valence electrons. The van der Waals surface area contributed by atoms with Crippen molar-refractivity contribution >= 4 is 34.3 Å². The molecule has 3 N–H and O–H groups in total. The Bertz CT molecular complexity index is 1250. The van der Waals surface area contributed by atoms with Crippen molar-refractivity contribution in [1.82, 2.24) is 4.90 Å². The molecule has 0 aliphatic carbocycles. The Kier molecular flexibility index (Phi) is 16.0. The molecule has 3 fully saturated rings. The fourth-order valence-corrected chi connectivity index (χ4v) is 9.47. The van der Waals surface area contributed by atoms with E-state index in [2.05, 4.69) is 10.8 Å². The van der Waals surface area contributed by atoms with Crippen LogP contribution in [0.25, 0.3) is 0 Å². The minimum atomic E-state index is -1.94. The third kappa shape index (κ3) is 9.89. The predicted octanol–water partition coefficient (Wildman–Crippen LogP) is 4.12. The maximum atomic E-state index is 14.2. The van der Waals surface area contributed by atoms with Gasteiger partial charge in [0.1, 0.15) is 17.5 Å². The lowest BCUT2D eigenvalue weighted by Gasteiger charge is -2.52. The number of carbonyl (C=O) groups excluding carboxylic acids is 2. The summed E-state index contributed by atoms with van der Waals surface area (Å²) in [6.45, 7) is 16.7. The molecule has 13 heteroatoms. The summed E-state index contributed by atoms with van der Waals surface area (Å²) in [6.07, 6.45) is 2.80. The zero-order chi connectivity index (χ0) is 39.5. The molecule has 0 aromatic heterocycles. The van der Waals surface area contributed by atoms with Crippen molar-refractivity contribution in [3.63, 3.8) is 0 Å². The second-order valence-electron chi connectivity index (χ2n) is 16.5. The first-order valence-corrected chi connectivity index (χ1v) is 20.0. The second-order valence-corrected chi connectivity index (χ2v) is 17.6. The number of hydrogen-bond donors (Lipinski definition) is 3. The zero-order valence-electron chi connectivity index (χ0n) is 33.3. The van der Waals surface area contributed by atoms with Gasteiger partial charge in [-0.1, -0.05) is 27.7 Å². The van der Waals surface area contributed by atoms with Crippen molar-refractivity contribution in [3.05, 3.63) is 0 Å². The van der Waals surface area contributed by atoms with Crippen LogP contribution >= 0.6 is 22.6 Å². The molecule has 0 amide bonds. The number of carbonyl (C=O) groups is 2. The van der Waals surface area contributed by atoms with E-state index >= 15 is 0 Å². The summed E-state index contributed by atoms with van der Waals surface area (Å²) in [6, 6.07) is 0.136. The Labute approximate surface area is 325 Å². The molecule has 0 aromatic carbocycles. The van der Waals surface area contributed by atoms with Crippen molar-refractivity contribution in [1.29, 1.82) is 0 Å². The van der Waals surface area contributed by atoms with Gasteiger partial charge in [-0.3, -0.25) is 9.59 Å². The second kappa shape index (κ2) is 18.3. The number of esters is 1. The lowest BCUT2D eigenvalue weighted by atomic mass is 9.68. The molecule has 0 aromatic rings. The molecule has 3 heterocycles. The van der Waals surface area contributed by atoms with Crippen LogP contribution in [0, 0.1) is 41.9 Å². The van der Waals surface area contributed by atoms with Gasteiger partial charge in [0.2, 0.25) is 0 Å². The Morgan fingerprint density at radius 2 is 1.56 bits per heavy atom. The van der Waals surface area contributed by atoms with Gasteiger partial charge >= 0.3 is 5.97 Å². The molecular formula is C39H66INO11. The molecule has 0 radical (unpaired) electrons. The Morgan fingerprint density at radius 3 is 2.13 bits per heavy atom. The lowest BCUT2D eigenvalue weighted by molar-refractivity contribution is -0.278. The number of nitrogens with zero attached hydrogens (tertiary/aromatic N) is 1. The van der Waals surface area contributed by atoms with Crippen LogP contribution < -0.4 is 0 Å². The Balaban J connectivity index is 2.21. The normalized spacial score (nSPS) is 47.4. The zero-order valence-corrected chi connectivity index (χ0v) is 35.5. The van der Waals surface area contributed by atoms with E-state index in [1.54, 1.807) is 64.5 Å². The number of halogens is 1. The molecule has 1 unspecified atom stereocenters. The summed E-state index contributed by atoms with van der Waals surface area (Å²) in [5.41, 5.74) is -4.04. The summed E-state index contributed by atoms with van der Waals surface area (Å²) in [7, 11) is 5.18. The van der Waals surface area contributed by atoms with Crippen LogP contribution in [0.5, 0.6) is 0 Å². The van der Waals surface area contributed by atoms with E-state index in [4.69, 9.17) is 34.8 Å². The summed E-state index contributed by atoms with van der Waals surface area (Å²) in [4.78, 5) is 30.4. The van der Waals surface area contributed by atoms with Gasteiger partial charge in [0.05, 0.1) is 47.6 Å². The highest BCUT2D eigenvalue weighted by molar-refractivity contribution is 14.1. The summed E-state index contributed by atoms with van der Waals surface area (Å²) < 4.78 is 37.0. The van der Waals surface area contributed by atoms with E-state index in [1.165, 1.54) is 6.92 Å². The number of ketones is 1. The van der Waals surface area contributed by atoms with Gasteiger partial charge in [-0.25, -0.2) is 0 Å². The number of methoxy groups -OCH3 is 2. The maximum absolute atomic E-state index is 14.2. The van der Waals surface area contributed by atoms with Gasteiger partial charge < -0.3 is 48.6 Å². The van der Waals surface area contributed by atoms with E-state index in [0.717, 1.165) is 13.0 Å². The molecule has 0 spiro atoms. The number of rotatable bonds is 8. The highest BCUT2D eigenvalue weighted by atomic mass is 127. The number of hydrogen-bond acceptors (Lipinski definition) is 12. The van der Waals surface area contributed by atoms with Crippen LogP contribution in [0.4, 0.5) is 0 Å². The van der Waals surface area contributed by atoms with E-state index in [0.29, 0.717) is 12.8 Å². The van der Waals surface area contributed by atoms with Crippen molar-refractivity contribution in [2.45, 2.75) is 164 Å². The number of Topliss-reactive ketones (excluding diaryl/α,β-unsaturated/α-hetero) is 1. The van der Waals surface area contributed by atoms with Gasteiger partial charge in [-0.2, -0.15) is 0 Å². The molecule has 0 bridgehead atoms. The number of ether oxygens (including phenoxy) is 6. The lowest BCUT2D eigenvalue weighted by Crippen LogP contribution is -2.61. The van der Waals surface area contributed by atoms with E-state index < -0.39 is 93.3 Å². The number of aliphatic hydroxyl groups excluding tert-OH is 2. The van der Waals surface area contributed by atoms with Crippen LogP contribution in [0.3, 0.4) is 0 Å². The molecule has 3 rings (SSSR count). The third-order valence-corrected chi connectivity index (χ3v) is 14.0. The fraction of sp³-hybridized carbons (Fsp3) is 0.897. The van der Waals surface area contributed by atoms with Crippen molar-refractivity contribution in [2.24, 2.45) is 29.6 Å². The smallest absolute Gasteiger partial charge is 0.310 e. The molecule has 0 saturated carbocycles. The molecule has 3 saturated heterocycles. The van der Waals surface area contributed by atoms with Crippen LogP contribution in [0.1, 0.15) is 94.4 Å². The molecule has 52 heavy (non-hydrogen) atoms. The first-order chi connectivity index (χ1) is 24.1. The van der Waals surface area contributed by atoms with Gasteiger partial charge in [0.25, 0.3) is 0 Å². The van der Waals surface area contributed by atoms with Gasteiger partial charge in [-0.05, 0) is 83.0 Å². The number of cyclic esters (lactones) is 1. The van der Waals surface area contributed by atoms with E-state index in [1.807, 2.05) is 34.7 Å². The number of terminal acetylenes is 1. The van der Waals surface area contributed by atoms with Crippen molar-refractivity contribution < 1.29 is 53.3 Å². The Morgan fingerprint density at radius 1 is 0.942 bits per heavy atom. The van der Waals surface area contributed by atoms with Gasteiger partial charge in [0.15, 0.2) is 10.4 Å². The van der Waals surface area contributed by atoms with Crippen LogP contribution in [0.2, 0.25) is 0 Å². The third-order valence-electron chi connectivity index (χ3n) is 12.4. The maximum Gasteiger partial charge on any atom is 0.310 e. The van der Waals surface area contributed by atoms with Crippen molar-refractivity contribution in [3.8, 4) is 12.3 Å². The predicted molar refractivity (Wildman–Crippen MR) is 204 cm³/mol. The summed E-state index contributed by atoms with van der Waals surface area (Å²) >= 11 is 1.80. The Hall–Kier alpha value is -0.930. The largest absolute Gasteiger partial charge is 0.448 e. The molecular weight excluding hydrogens is 785 g/mol. The minimum Gasteiger partial charge on any atom is -0.448 e. The molecule has 3 aliphatic heterocycles. The standard InChI is InChI=1S/C39H66INO11/c1-14-15-16-41(11)27-17-22(3)49-29(18-27)51-34-23(4)30(28-20-37(8,47-12)33(44)26(7)50-28)24(5)35(45)52-36(40)39(10,46)32(43)25(6)31(42)21(2)19-38(34,9)48-13/h1,21-30,32-34,36,43-44,46H,15-20H2,2-13H3/t21-,22-,23+,24-,25+,26+,27+,28-,29+,30?,32-,33+,34-,36+,37-,38-,39+/m1/s1. The summed E-state index contributed by atoms with van der Waals surface area (Å²) in [5, 5.41) is 34.0. The van der Waals surface area contributed by atoms with E-state index in [9.17, 15) is 24.9 Å². The van der Waals surface area contributed by atoms with Crippen LogP contribution in [0.15, 0.2) is 0 Å². The monoisotopic (exact) mass is 851 g/mol. The highest BCUT2D eigenvalue weighted by Gasteiger charge is 2.55. The summed E-state index contributed by atoms with van der Waals surface area (Å²) in [5.74, 6) is -1.69. The fourth-order valence-electron chi connectivity index (χ4n) is 8.85. The molecule has 3 aliphatic rings. The van der Waals surface area contributed by atoms with Gasteiger partial charge in [-0.15, -0.1) is 12.3 Å². The van der Waals surface area contributed by atoms with Crippen LogP contribution in [-0.4, -0.2) is 130 Å². The van der Waals surface area contributed by atoms with Gasteiger partial charge in [0, 0.05) is 63.8 Å². The highest BCUT2D eigenvalue weighted by Crippen LogP contribution is 2.46.